The molecule has 2 unspecified atom stereocenters. The van der Waals surface area contributed by atoms with Crippen molar-refractivity contribution in [1.29, 1.82) is 0 Å². The van der Waals surface area contributed by atoms with Gasteiger partial charge in [0.05, 0.1) is 28.4 Å². The van der Waals surface area contributed by atoms with Crippen LogP contribution >= 0.6 is 0 Å². The highest BCUT2D eigenvalue weighted by Crippen LogP contribution is 2.26. The van der Waals surface area contributed by atoms with Crippen molar-refractivity contribution in [3.8, 4) is 0 Å². The quantitative estimate of drug-likeness (QED) is 0.679. The lowest BCUT2D eigenvalue weighted by Gasteiger charge is -2.37. The van der Waals surface area contributed by atoms with Crippen molar-refractivity contribution in [2.45, 2.75) is 50.8 Å². The monoisotopic (exact) mass is 467 g/mol. The lowest BCUT2D eigenvalue weighted by atomic mass is 10.1. The molecule has 3 rings (SSSR count). The third kappa shape index (κ3) is 5.62. The van der Waals surface area contributed by atoms with Crippen LogP contribution in [0.1, 0.15) is 38.1 Å². The van der Waals surface area contributed by atoms with Crippen LogP contribution in [0.4, 0.5) is 20.2 Å². The lowest BCUT2D eigenvalue weighted by molar-refractivity contribution is -0.00539. The number of carbonyl (C=O) groups is 1. The van der Waals surface area contributed by atoms with Crippen LogP contribution in [0.2, 0.25) is 0 Å². The van der Waals surface area contributed by atoms with E-state index in [0.29, 0.717) is 18.8 Å². The van der Waals surface area contributed by atoms with Gasteiger partial charge in [-0.15, -0.1) is 0 Å². The number of sulfonamides is 1. The van der Waals surface area contributed by atoms with E-state index < -0.39 is 33.1 Å². The summed E-state index contributed by atoms with van der Waals surface area (Å²) in [7, 11) is -3.91. The van der Waals surface area contributed by atoms with Crippen LogP contribution in [-0.2, 0) is 14.8 Å². The fourth-order valence-corrected chi connectivity index (χ4v) is 4.91. The predicted molar refractivity (Wildman–Crippen MR) is 118 cm³/mol. The molecule has 1 aliphatic heterocycles. The second kappa shape index (κ2) is 9.51. The van der Waals surface area contributed by atoms with Crippen LogP contribution in [0.25, 0.3) is 0 Å². The summed E-state index contributed by atoms with van der Waals surface area (Å²) in [6, 6.07) is 6.78. The number of rotatable bonds is 6. The van der Waals surface area contributed by atoms with Crippen LogP contribution in [0.3, 0.4) is 0 Å². The Kier molecular flexibility index (Phi) is 7.16. The molecule has 0 saturated carbocycles. The number of halogens is 2. The van der Waals surface area contributed by atoms with Gasteiger partial charge in [0, 0.05) is 24.8 Å². The molecule has 0 spiro atoms. The first kappa shape index (κ1) is 24.1. The lowest BCUT2D eigenvalue weighted by Crippen LogP contribution is -2.45. The Morgan fingerprint density at radius 1 is 1.06 bits per heavy atom. The van der Waals surface area contributed by atoms with Crippen LogP contribution < -0.4 is 14.9 Å². The van der Waals surface area contributed by atoms with E-state index in [-0.39, 0.29) is 28.8 Å². The molecule has 174 valence electrons. The molecule has 0 aromatic heterocycles. The SMILES string of the molecule is CC(C)NS(=O)(=O)c1ccc(F)c(C(=O)Nc2ccc(N3CC(C)OC(C)C3)c(F)c2)c1. The summed E-state index contributed by atoms with van der Waals surface area (Å²) < 4.78 is 61.7. The molecule has 1 aliphatic rings. The summed E-state index contributed by atoms with van der Waals surface area (Å²) >= 11 is 0. The van der Waals surface area contributed by atoms with Gasteiger partial charge in [-0.3, -0.25) is 4.79 Å². The Balaban J connectivity index is 1.80. The smallest absolute Gasteiger partial charge is 0.258 e. The van der Waals surface area contributed by atoms with Gasteiger partial charge in [-0.05, 0) is 64.1 Å². The summed E-state index contributed by atoms with van der Waals surface area (Å²) in [4.78, 5) is 14.2. The summed E-state index contributed by atoms with van der Waals surface area (Å²) in [5.74, 6) is -2.31. The molecule has 1 amide bonds. The minimum atomic E-state index is -3.91. The average molecular weight is 468 g/mol. The maximum absolute atomic E-state index is 14.8. The average Bonchev–Trinajstić information content (AvgIpc) is 2.66. The van der Waals surface area contributed by atoms with E-state index in [2.05, 4.69) is 10.0 Å². The highest BCUT2D eigenvalue weighted by Gasteiger charge is 2.25. The van der Waals surface area contributed by atoms with Gasteiger partial charge in [-0.2, -0.15) is 0 Å². The van der Waals surface area contributed by atoms with E-state index in [1.165, 1.54) is 6.07 Å². The van der Waals surface area contributed by atoms with E-state index in [0.717, 1.165) is 24.3 Å². The van der Waals surface area contributed by atoms with E-state index in [1.807, 2.05) is 18.7 Å². The van der Waals surface area contributed by atoms with E-state index in [1.54, 1.807) is 19.9 Å². The molecule has 2 N–H and O–H groups in total. The van der Waals surface area contributed by atoms with Crippen LogP contribution in [0, 0.1) is 11.6 Å². The van der Waals surface area contributed by atoms with Gasteiger partial charge < -0.3 is 15.0 Å². The van der Waals surface area contributed by atoms with Crippen molar-refractivity contribution in [3.05, 3.63) is 53.6 Å². The Morgan fingerprint density at radius 2 is 1.72 bits per heavy atom. The zero-order chi connectivity index (χ0) is 23.6. The molecule has 1 heterocycles. The van der Waals surface area contributed by atoms with Crippen molar-refractivity contribution >= 4 is 27.3 Å². The first-order valence-electron chi connectivity index (χ1n) is 10.3. The summed E-state index contributed by atoms with van der Waals surface area (Å²) in [5.41, 5.74) is 0.0412. The summed E-state index contributed by atoms with van der Waals surface area (Å²) in [6.45, 7) is 8.17. The second-order valence-corrected chi connectivity index (χ2v) is 9.91. The van der Waals surface area contributed by atoms with E-state index >= 15 is 0 Å². The van der Waals surface area contributed by atoms with Crippen molar-refractivity contribution in [2.24, 2.45) is 0 Å². The minimum Gasteiger partial charge on any atom is -0.372 e. The predicted octanol–water partition coefficient (Wildman–Crippen LogP) is 3.52. The van der Waals surface area contributed by atoms with Crippen LogP contribution in [-0.4, -0.2) is 45.7 Å². The fourth-order valence-electron chi connectivity index (χ4n) is 3.64. The van der Waals surface area contributed by atoms with Crippen molar-refractivity contribution in [1.82, 2.24) is 4.72 Å². The molecule has 32 heavy (non-hydrogen) atoms. The Bertz CT molecular complexity index is 1100. The molecule has 2 aromatic carbocycles. The molecule has 0 radical (unpaired) electrons. The highest BCUT2D eigenvalue weighted by molar-refractivity contribution is 7.89. The largest absolute Gasteiger partial charge is 0.372 e. The number of nitrogens with one attached hydrogen (secondary N) is 2. The van der Waals surface area contributed by atoms with E-state index in [9.17, 15) is 22.0 Å². The first-order chi connectivity index (χ1) is 15.0. The maximum atomic E-state index is 14.8. The van der Waals surface area contributed by atoms with Crippen molar-refractivity contribution in [3.63, 3.8) is 0 Å². The number of carbonyl (C=O) groups excluding carboxylic acids is 1. The molecular weight excluding hydrogens is 440 g/mol. The molecule has 0 bridgehead atoms. The number of morpholine rings is 1. The number of ether oxygens (including phenoxy) is 1. The van der Waals surface area contributed by atoms with Crippen LogP contribution in [0.5, 0.6) is 0 Å². The molecule has 1 fully saturated rings. The third-order valence-electron chi connectivity index (χ3n) is 4.85. The number of nitrogens with zero attached hydrogens (tertiary/aromatic N) is 1. The second-order valence-electron chi connectivity index (χ2n) is 8.20. The molecule has 10 heteroatoms. The Morgan fingerprint density at radius 3 is 2.31 bits per heavy atom. The number of amides is 1. The number of anilines is 2. The molecular formula is C22H27F2N3O4S. The zero-order valence-electron chi connectivity index (χ0n) is 18.4. The third-order valence-corrected chi connectivity index (χ3v) is 6.51. The van der Waals surface area contributed by atoms with Gasteiger partial charge in [-0.25, -0.2) is 21.9 Å². The molecule has 0 aliphatic carbocycles. The van der Waals surface area contributed by atoms with E-state index in [4.69, 9.17) is 4.74 Å². The molecule has 1 saturated heterocycles. The van der Waals surface area contributed by atoms with Gasteiger partial charge in [-0.1, -0.05) is 0 Å². The Hall–Kier alpha value is -2.56. The summed E-state index contributed by atoms with van der Waals surface area (Å²) in [5, 5.41) is 2.43. The maximum Gasteiger partial charge on any atom is 0.258 e. The van der Waals surface area contributed by atoms with Crippen molar-refractivity contribution in [2.75, 3.05) is 23.3 Å². The molecule has 2 atom stereocenters. The number of benzene rings is 2. The molecule has 2 aromatic rings. The van der Waals surface area contributed by atoms with Gasteiger partial charge >= 0.3 is 0 Å². The Labute approximate surface area is 186 Å². The van der Waals surface area contributed by atoms with Crippen molar-refractivity contribution < 1.29 is 26.7 Å². The standard InChI is InChI=1S/C22H27F2N3O4S/c1-13(2)26-32(29,30)17-6-7-19(23)18(10-17)22(28)25-16-5-8-21(20(24)9-16)27-11-14(3)31-15(4)12-27/h5-10,13-15,26H,11-12H2,1-4H3,(H,25,28). The summed E-state index contributed by atoms with van der Waals surface area (Å²) in [6.07, 6.45) is -0.0940. The topological polar surface area (TPSA) is 87.7 Å². The van der Waals surface area contributed by atoms with Gasteiger partial charge in [0.15, 0.2) is 0 Å². The minimum absolute atomic E-state index is 0.0470. The first-order valence-corrected chi connectivity index (χ1v) is 11.8. The number of hydrogen-bond acceptors (Lipinski definition) is 5. The zero-order valence-corrected chi connectivity index (χ0v) is 19.2. The normalized spacial score (nSPS) is 19.3. The number of hydrogen-bond donors (Lipinski definition) is 2. The van der Waals surface area contributed by atoms with Gasteiger partial charge in [0.25, 0.3) is 5.91 Å². The van der Waals surface area contributed by atoms with Gasteiger partial charge in [0.1, 0.15) is 11.6 Å². The highest BCUT2D eigenvalue weighted by atomic mass is 32.2. The van der Waals surface area contributed by atoms with Gasteiger partial charge in [0.2, 0.25) is 10.0 Å². The van der Waals surface area contributed by atoms with Crippen LogP contribution in [0.15, 0.2) is 41.3 Å². The molecule has 7 nitrogen and oxygen atoms in total. The fraction of sp³-hybridized carbons (Fsp3) is 0.409.